The van der Waals surface area contributed by atoms with Crippen molar-refractivity contribution in [3.63, 3.8) is 0 Å². The second-order valence-electron chi connectivity index (χ2n) is 9.18. The Morgan fingerprint density at radius 1 is 0.947 bits per heavy atom. The van der Waals surface area contributed by atoms with Gasteiger partial charge in [0.05, 0.1) is 19.3 Å². The zero-order valence-corrected chi connectivity index (χ0v) is 22.1. The number of hydrogen-bond donors (Lipinski definition) is 0. The molecule has 196 valence electrons. The van der Waals surface area contributed by atoms with Gasteiger partial charge in [0.1, 0.15) is 17.4 Å². The Hall–Kier alpha value is -3.98. The van der Waals surface area contributed by atoms with Gasteiger partial charge in [-0.25, -0.2) is 9.37 Å². The standard InChI is InChI=1S/C29H30FN5O2S/c1-37-26-10-6-5-9-25(26)33-15-17-34(18-16-33)28(36)21-35(20-23-7-3-2-4-8-23)29-31-27(32-38-29)19-22-11-13-24(30)14-12-22/h2-14H,15-21H2,1H3. The number of aromatic nitrogens is 2. The molecule has 3 aromatic carbocycles. The van der Waals surface area contributed by atoms with Crippen molar-refractivity contribution in [3.05, 3.63) is 102 Å². The number of nitrogens with zero attached hydrogens (tertiary/aromatic N) is 5. The summed E-state index contributed by atoms with van der Waals surface area (Å²) in [7, 11) is 1.68. The summed E-state index contributed by atoms with van der Waals surface area (Å²) in [5.74, 6) is 1.30. The molecule has 2 heterocycles. The number of amides is 1. The molecule has 0 atom stereocenters. The minimum atomic E-state index is -0.267. The van der Waals surface area contributed by atoms with Crippen LogP contribution in [-0.2, 0) is 17.8 Å². The van der Waals surface area contributed by atoms with Gasteiger partial charge in [0.25, 0.3) is 0 Å². The van der Waals surface area contributed by atoms with Gasteiger partial charge in [-0.3, -0.25) is 4.79 Å². The highest BCUT2D eigenvalue weighted by Crippen LogP contribution is 2.28. The third kappa shape index (κ3) is 6.28. The lowest BCUT2D eigenvalue weighted by Crippen LogP contribution is -2.51. The average Bonchev–Trinajstić information content (AvgIpc) is 3.43. The summed E-state index contributed by atoms with van der Waals surface area (Å²) in [5.41, 5.74) is 3.08. The van der Waals surface area contributed by atoms with Crippen molar-refractivity contribution in [1.29, 1.82) is 0 Å². The number of methoxy groups -OCH3 is 1. The summed E-state index contributed by atoms with van der Waals surface area (Å²) in [6.45, 7) is 3.54. The number of rotatable bonds is 9. The van der Waals surface area contributed by atoms with E-state index in [4.69, 9.17) is 9.72 Å². The van der Waals surface area contributed by atoms with E-state index in [-0.39, 0.29) is 18.3 Å². The number of hydrogen-bond acceptors (Lipinski definition) is 7. The van der Waals surface area contributed by atoms with Crippen molar-refractivity contribution in [2.75, 3.05) is 49.6 Å². The third-order valence-corrected chi connectivity index (χ3v) is 7.42. The van der Waals surface area contributed by atoms with Crippen LogP contribution >= 0.6 is 11.5 Å². The molecule has 1 aromatic heterocycles. The first kappa shape index (κ1) is 25.7. The van der Waals surface area contributed by atoms with Crippen molar-refractivity contribution in [2.45, 2.75) is 13.0 Å². The van der Waals surface area contributed by atoms with E-state index in [9.17, 15) is 9.18 Å². The van der Waals surface area contributed by atoms with Gasteiger partial charge in [0, 0.05) is 50.7 Å². The van der Waals surface area contributed by atoms with Gasteiger partial charge < -0.3 is 19.4 Å². The Morgan fingerprint density at radius 3 is 2.39 bits per heavy atom. The van der Waals surface area contributed by atoms with Crippen LogP contribution < -0.4 is 14.5 Å². The highest BCUT2D eigenvalue weighted by atomic mass is 32.1. The van der Waals surface area contributed by atoms with Crippen molar-refractivity contribution in [2.24, 2.45) is 0 Å². The maximum Gasteiger partial charge on any atom is 0.242 e. The lowest BCUT2D eigenvalue weighted by molar-refractivity contribution is -0.130. The summed E-state index contributed by atoms with van der Waals surface area (Å²) >= 11 is 1.29. The molecule has 0 aliphatic carbocycles. The number of carbonyl (C=O) groups is 1. The van der Waals surface area contributed by atoms with Gasteiger partial charge in [-0.15, -0.1) is 0 Å². The van der Waals surface area contributed by atoms with Crippen LogP contribution in [0, 0.1) is 5.82 Å². The van der Waals surface area contributed by atoms with Gasteiger partial charge in [0.2, 0.25) is 11.0 Å². The van der Waals surface area contributed by atoms with Crippen molar-refractivity contribution >= 4 is 28.3 Å². The van der Waals surface area contributed by atoms with Crippen LogP contribution in [0.1, 0.15) is 17.0 Å². The van der Waals surface area contributed by atoms with Crippen LogP contribution in [0.2, 0.25) is 0 Å². The fraction of sp³-hybridized carbons (Fsp3) is 0.276. The molecule has 1 saturated heterocycles. The van der Waals surface area contributed by atoms with Crippen molar-refractivity contribution < 1.29 is 13.9 Å². The quantitative estimate of drug-likeness (QED) is 0.314. The molecule has 0 saturated carbocycles. The van der Waals surface area contributed by atoms with Crippen LogP contribution in [0.15, 0.2) is 78.9 Å². The predicted molar refractivity (Wildman–Crippen MR) is 148 cm³/mol. The first-order chi connectivity index (χ1) is 18.6. The van der Waals surface area contributed by atoms with E-state index < -0.39 is 0 Å². The van der Waals surface area contributed by atoms with Crippen LogP contribution in [0.4, 0.5) is 15.2 Å². The van der Waals surface area contributed by atoms with E-state index >= 15 is 0 Å². The van der Waals surface area contributed by atoms with Gasteiger partial charge >= 0.3 is 0 Å². The second-order valence-corrected chi connectivity index (χ2v) is 9.91. The summed E-state index contributed by atoms with van der Waals surface area (Å²) < 4.78 is 23.3. The Kier molecular flexibility index (Phi) is 8.13. The lowest BCUT2D eigenvalue weighted by atomic mass is 10.1. The maximum atomic E-state index is 13.4. The van der Waals surface area contributed by atoms with E-state index in [0.717, 1.165) is 35.7 Å². The number of anilines is 2. The first-order valence-electron chi connectivity index (χ1n) is 12.6. The number of halogens is 1. The molecule has 5 rings (SSSR count). The van der Waals surface area contributed by atoms with E-state index in [1.54, 1.807) is 19.2 Å². The summed E-state index contributed by atoms with van der Waals surface area (Å²) in [6, 6.07) is 24.4. The fourth-order valence-corrected chi connectivity index (χ4v) is 5.26. The number of carbonyl (C=O) groups excluding carboxylic acids is 1. The van der Waals surface area contributed by atoms with Crippen LogP contribution in [0.3, 0.4) is 0 Å². The largest absolute Gasteiger partial charge is 0.495 e. The normalized spacial score (nSPS) is 13.4. The molecule has 1 aliphatic rings. The minimum absolute atomic E-state index is 0.0656. The monoisotopic (exact) mass is 531 g/mol. The van der Waals surface area contributed by atoms with Gasteiger partial charge in [0.15, 0.2) is 0 Å². The Morgan fingerprint density at radius 2 is 1.66 bits per heavy atom. The molecule has 1 aliphatic heterocycles. The molecule has 7 nitrogen and oxygen atoms in total. The first-order valence-corrected chi connectivity index (χ1v) is 13.4. The minimum Gasteiger partial charge on any atom is -0.495 e. The SMILES string of the molecule is COc1ccccc1N1CCN(C(=O)CN(Cc2ccccc2)c2nc(Cc3ccc(F)cc3)ns2)CC1. The third-order valence-electron chi connectivity index (χ3n) is 6.60. The molecule has 0 N–H and O–H groups in total. The maximum absolute atomic E-state index is 13.4. The van der Waals surface area contributed by atoms with E-state index in [1.165, 1.54) is 23.7 Å². The summed E-state index contributed by atoms with van der Waals surface area (Å²) in [4.78, 5) is 24.3. The predicted octanol–water partition coefficient (Wildman–Crippen LogP) is 4.63. The molecule has 0 spiro atoms. The molecular weight excluding hydrogens is 501 g/mol. The number of ether oxygens (including phenoxy) is 1. The van der Waals surface area contributed by atoms with Crippen LogP contribution in [0.5, 0.6) is 5.75 Å². The molecule has 0 unspecified atom stereocenters. The lowest BCUT2D eigenvalue weighted by Gasteiger charge is -2.37. The zero-order valence-electron chi connectivity index (χ0n) is 21.3. The molecule has 38 heavy (non-hydrogen) atoms. The molecular formula is C29H30FN5O2S. The van der Waals surface area contributed by atoms with Crippen LogP contribution in [0.25, 0.3) is 0 Å². The Bertz CT molecular complexity index is 1340. The second kappa shape index (κ2) is 12.0. The molecule has 1 fully saturated rings. The van der Waals surface area contributed by atoms with Crippen molar-refractivity contribution in [1.82, 2.24) is 14.3 Å². The number of piperazine rings is 1. The number of benzene rings is 3. The molecule has 9 heteroatoms. The van der Waals surface area contributed by atoms with Gasteiger partial charge in [-0.05, 0) is 35.4 Å². The number of para-hydroxylation sites is 2. The highest BCUT2D eigenvalue weighted by molar-refractivity contribution is 7.09. The van der Waals surface area contributed by atoms with E-state index in [2.05, 4.69) is 15.3 Å². The van der Waals surface area contributed by atoms with Crippen molar-refractivity contribution in [3.8, 4) is 5.75 Å². The van der Waals surface area contributed by atoms with Gasteiger partial charge in [-0.1, -0.05) is 54.6 Å². The highest BCUT2D eigenvalue weighted by Gasteiger charge is 2.25. The zero-order chi connectivity index (χ0) is 26.3. The Balaban J connectivity index is 1.26. The van der Waals surface area contributed by atoms with E-state index in [1.807, 2.05) is 58.3 Å². The molecule has 1 amide bonds. The van der Waals surface area contributed by atoms with Crippen LogP contribution in [-0.4, -0.2) is 60.0 Å². The van der Waals surface area contributed by atoms with Gasteiger partial charge in [-0.2, -0.15) is 4.37 Å². The average molecular weight is 532 g/mol. The summed E-state index contributed by atoms with van der Waals surface area (Å²) in [6.07, 6.45) is 0.509. The fourth-order valence-electron chi connectivity index (χ4n) is 4.58. The Labute approximate surface area is 226 Å². The molecule has 0 bridgehead atoms. The van der Waals surface area contributed by atoms with E-state index in [0.29, 0.717) is 37.0 Å². The topological polar surface area (TPSA) is 61.8 Å². The molecule has 0 radical (unpaired) electrons. The molecule has 4 aromatic rings. The summed E-state index contributed by atoms with van der Waals surface area (Å²) in [5, 5.41) is 0.701. The smallest absolute Gasteiger partial charge is 0.242 e.